The van der Waals surface area contributed by atoms with Crippen molar-refractivity contribution in [2.24, 2.45) is 7.05 Å². The predicted octanol–water partition coefficient (Wildman–Crippen LogP) is 5.83. The maximum atomic E-state index is 12.4. The maximum absolute atomic E-state index is 12.4. The largest absolute Gasteiger partial charge is 0.615 e. The third-order valence-corrected chi connectivity index (χ3v) is 8.50. The fraction of sp³-hybridized carbons (Fsp3) is 0.375. The Balaban J connectivity index is 1.58. The van der Waals surface area contributed by atoms with Gasteiger partial charge in [0.2, 0.25) is 0 Å². The van der Waals surface area contributed by atoms with Gasteiger partial charge in [0, 0.05) is 42.5 Å². The average Bonchev–Trinajstić information content (AvgIpc) is 3.28. The van der Waals surface area contributed by atoms with Crippen molar-refractivity contribution >= 4 is 28.0 Å². The first-order valence-corrected chi connectivity index (χ1v) is 14.9. The normalized spacial score (nSPS) is 12.5. The van der Waals surface area contributed by atoms with E-state index in [0.29, 0.717) is 31.4 Å². The van der Waals surface area contributed by atoms with Crippen molar-refractivity contribution in [2.45, 2.75) is 58.9 Å². The van der Waals surface area contributed by atoms with E-state index in [2.05, 4.69) is 45.3 Å². The molecule has 4 rings (SSSR count). The Kier molecular flexibility index (Phi) is 9.56. The molecule has 7 nitrogen and oxygen atoms in total. The second-order valence-corrected chi connectivity index (χ2v) is 13.2. The average molecular weight is 562 g/mol. The lowest BCUT2D eigenvalue weighted by molar-refractivity contribution is -0.142. The van der Waals surface area contributed by atoms with Crippen LogP contribution in [0.2, 0.25) is 0 Å². The number of ether oxygens (including phenoxy) is 2. The van der Waals surface area contributed by atoms with E-state index in [4.69, 9.17) is 9.47 Å². The molecule has 1 N–H and O–H groups in total. The number of benzene rings is 2. The number of nitrogens with one attached hydrogen (secondary N) is 1. The highest BCUT2D eigenvalue weighted by molar-refractivity contribution is 7.92. The van der Waals surface area contributed by atoms with Crippen LogP contribution >= 0.6 is 0 Å². The van der Waals surface area contributed by atoms with E-state index in [1.165, 1.54) is 0 Å². The van der Waals surface area contributed by atoms with Crippen LogP contribution in [-0.4, -0.2) is 37.3 Å². The number of hydrogen-bond acceptors (Lipinski definition) is 6. The van der Waals surface area contributed by atoms with Gasteiger partial charge in [-0.3, -0.25) is 15.1 Å². The monoisotopic (exact) mass is 561 g/mol. The molecule has 0 saturated heterocycles. The second-order valence-electron chi connectivity index (χ2n) is 10.9. The van der Waals surface area contributed by atoms with E-state index < -0.39 is 11.2 Å². The van der Waals surface area contributed by atoms with Crippen LogP contribution in [-0.2, 0) is 47.3 Å². The van der Waals surface area contributed by atoms with E-state index in [1.54, 1.807) is 6.92 Å². The summed E-state index contributed by atoms with van der Waals surface area (Å²) < 4.78 is 25.7. The number of aryl methyl sites for hydroxylation is 2. The van der Waals surface area contributed by atoms with E-state index in [0.717, 1.165) is 44.4 Å². The molecule has 2 aromatic heterocycles. The number of nitrogens with zero attached hydrogens (tertiary/aromatic N) is 2. The van der Waals surface area contributed by atoms with E-state index in [1.807, 2.05) is 65.2 Å². The third kappa shape index (κ3) is 7.44. The maximum Gasteiger partial charge on any atom is 0.310 e. The molecule has 2 heterocycles. The smallest absolute Gasteiger partial charge is 0.310 e. The molecule has 0 amide bonds. The van der Waals surface area contributed by atoms with Gasteiger partial charge in [-0.05, 0) is 104 Å². The Morgan fingerprint density at radius 3 is 2.67 bits per heavy atom. The molecule has 1 unspecified atom stereocenters. The summed E-state index contributed by atoms with van der Waals surface area (Å²) in [6, 6.07) is 16.4. The van der Waals surface area contributed by atoms with Crippen LogP contribution in [0.1, 0.15) is 50.1 Å². The summed E-state index contributed by atoms with van der Waals surface area (Å²) in [5.41, 5.74) is 7.02. The molecule has 212 valence electrons. The topological polar surface area (TPSA) is 88.4 Å². The van der Waals surface area contributed by atoms with E-state index >= 15 is 0 Å². The SMILES string of the molecule is CCOC(=O)Cc1ccc(C)cc1OCc1cc(-c2ccnc(CNC[S+]([O-])C(C)(C)C)c2)c2ccn(C)c2c1. The highest BCUT2D eigenvalue weighted by atomic mass is 32.2. The van der Waals surface area contributed by atoms with E-state index in [-0.39, 0.29) is 17.1 Å². The van der Waals surface area contributed by atoms with Gasteiger partial charge >= 0.3 is 5.97 Å². The summed E-state index contributed by atoms with van der Waals surface area (Å²) >= 11 is -0.979. The molecule has 0 aliphatic rings. The molecule has 2 aromatic carbocycles. The van der Waals surface area contributed by atoms with Crippen molar-refractivity contribution in [1.82, 2.24) is 14.9 Å². The molecule has 0 radical (unpaired) electrons. The number of aromatic nitrogens is 2. The zero-order valence-corrected chi connectivity index (χ0v) is 25.1. The molecule has 0 saturated carbocycles. The van der Waals surface area contributed by atoms with Gasteiger partial charge in [0.05, 0.1) is 18.7 Å². The molecule has 0 fully saturated rings. The number of esters is 1. The quantitative estimate of drug-likeness (QED) is 0.183. The molecule has 0 aliphatic heterocycles. The van der Waals surface area contributed by atoms with Gasteiger partial charge in [-0.2, -0.15) is 0 Å². The Labute approximate surface area is 240 Å². The molecule has 0 bridgehead atoms. The summed E-state index contributed by atoms with van der Waals surface area (Å²) in [7, 11) is 2.03. The molecular weight excluding hydrogens is 522 g/mol. The molecule has 4 aromatic rings. The van der Waals surface area contributed by atoms with Crippen LogP contribution in [0.15, 0.2) is 60.9 Å². The fourth-order valence-electron chi connectivity index (χ4n) is 4.45. The standard InChI is InChI=1S/C32H39N3O4S/c1-7-38-31(36)18-25-9-8-22(2)14-30(25)39-20-23-15-28(27-11-13-35(6)29(27)16-23)24-10-12-34-26(17-24)19-33-21-40(37)32(3,4)5/h8-17,33H,7,18-21H2,1-6H3. The van der Waals surface area contributed by atoms with Crippen molar-refractivity contribution in [2.75, 3.05) is 12.5 Å². The van der Waals surface area contributed by atoms with Gasteiger partial charge in [0.25, 0.3) is 0 Å². The van der Waals surface area contributed by atoms with Gasteiger partial charge in [0.15, 0.2) is 5.88 Å². The Morgan fingerprint density at radius 1 is 1.12 bits per heavy atom. The minimum Gasteiger partial charge on any atom is -0.615 e. The number of fused-ring (bicyclic) bond motifs is 1. The highest BCUT2D eigenvalue weighted by Crippen LogP contribution is 2.32. The van der Waals surface area contributed by atoms with Gasteiger partial charge in [-0.25, -0.2) is 0 Å². The Bertz CT molecular complexity index is 1480. The van der Waals surface area contributed by atoms with Crippen molar-refractivity contribution in [3.05, 3.63) is 83.3 Å². The first-order valence-electron chi connectivity index (χ1n) is 13.6. The van der Waals surface area contributed by atoms with Crippen molar-refractivity contribution in [1.29, 1.82) is 0 Å². The van der Waals surface area contributed by atoms with Crippen LogP contribution in [0.4, 0.5) is 0 Å². The van der Waals surface area contributed by atoms with Gasteiger partial charge < -0.3 is 18.6 Å². The lowest BCUT2D eigenvalue weighted by atomic mass is 9.99. The Morgan fingerprint density at radius 2 is 1.93 bits per heavy atom. The first kappa shape index (κ1) is 29.6. The lowest BCUT2D eigenvalue weighted by Gasteiger charge is -2.24. The van der Waals surface area contributed by atoms with Crippen LogP contribution in [0.5, 0.6) is 5.75 Å². The van der Waals surface area contributed by atoms with Crippen LogP contribution < -0.4 is 10.1 Å². The number of rotatable bonds is 11. The van der Waals surface area contributed by atoms with Gasteiger partial charge in [-0.1, -0.05) is 12.1 Å². The minimum absolute atomic E-state index is 0.169. The second kappa shape index (κ2) is 12.9. The third-order valence-electron chi connectivity index (χ3n) is 6.67. The van der Waals surface area contributed by atoms with Crippen molar-refractivity contribution < 1.29 is 18.8 Å². The van der Waals surface area contributed by atoms with Crippen LogP contribution in [0.3, 0.4) is 0 Å². The highest BCUT2D eigenvalue weighted by Gasteiger charge is 2.25. The summed E-state index contributed by atoms with van der Waals surface area (Å²) in [4.78, 5) is 16.7. The Hall–Kier alpha value is -3.33. The molecule has 0 aliphatic carbocycles. The number of carbonyl (C=O) groups excluding carboxylic acids is 1. The first-order chi connectivity index (χ1) is 19.0. The number of carbonyl (C=O) groups is 1. The van der Waals surface area contributed by atoms with E-state index in [9.17, 15) is 9.35 Å². The van der Waals surface area contributed by atoms with Crippen molar-refractivity contribution in [3.8, 4) is 16.9 Å². The van der Waals surface area contributed by atoms with Crippen LogP contribution in [0.25, 0.3) is 22.0 Å². The molecule has 0 spiro atoms. The summed E-state index contributed by atoms with van der Waals surface area (Å²) in [6.45, 7) is 11.0. The number of pyridine rings is 1. The minimum atomic E-state index is -0.979. The predicted molar refractivity (Wildman–Crippen MR) is 162 cm³/mol. The molecule has 8 heteroatoms. The zero-order valence-electron chi connectivity index (χ0n) is 24.2. The van der Waals surface area contributed by atoms with Gasteiger partial charge in [-0.15, -0.1) is 0 Å². The molecule has 40 heavy (non-hydrogen) atoms. The van der Waals surface area contributed by atoms with Crippen LogP contribution in [0, 0.1) is 6.92 Å². The molecule has 1 atom stereocenters. The number of hydrogen-bond donors (Lipinski definition) is 1. The summed E-state index contributed by atoms with van der Waals surface area (Å²) in [5.74, 6) is 0.838. The lowest BCUT2D eigenvalue weighted by Crippen LogP contribution is -2.36. The summed E-state index contributed by atoms with van der Waals surface area (Å²) in [6.07, 6.45) is 4.05. The van der Waals surface area contributed by atoms with Gasteiger partial charge in [0.1, 0.15) is 17.1 Å². The zero-order chi connectivity index (χ0) is 28.9. The fourth-order valence-corrected chi connectivity index (χ4v) is 5.17. The summed E-state index contributed by atoms with van der Waals surface area (Å²) in [5, 5.41) is 4.43. The molecular formula is C32H39N3O4S. The van der Waals surface area contributed by atoms with Crippen molar-refractivity contribution in [3.63, 3.8) is 0 Å².